The second-order valence-electron chi connectivity index (χ2n) is 5.09. The summed E-state index contributed by atoms with van der Waals surface area (Å²) >= 11 is 0. The predicted octanol–water partition coefficient (Wildman–Crippen LogP) is 2.24. The number of H-pyrrole nitrogens is 1. The van der Waals surface area contributed by atoms with Gasteiger partial charge in [-0.1, -0.05) is 6.92 Å². The van der Waals surface area contributed by atoms with Crippen LogP contribution in [0.25, 0.3) is 11.0 Å². The molecule has 0 amide bonds. The summed E-state index contributed by atoms with van der Waals surface area (Å²) in [6.45, 7) is 4.46. The molecule has 1 aliphatic rings. The standard InChI is InChI=1S/C13H19N5.2ClH/c1-9-3-5-14-7-11(9)18(2)13-10-4-6-15-12(10)16-8-17-13;;/h4,6,8-9,11,14H,3,5,7H2,1-2H3,(H,15,16,17);2*1H/t9-,11+;;/m1../s1. The highest BCUT2D eigenvalue weighted by molar-refractivity contribution is 5.87. The maximum absolute atomic E-state index is 4.46. The number of aromatic amines is 1. The molecule has 2 N–H and O–H groups in total. The zero-order valence-corrected chi connectivity index (χ0v) is 13.3. The molecule has 7 heteroatoms. The average Bonchev–Trinajstić information content (AvgIpc) is 2.86. The lowest BCUT2D eigenvalue weighted by atomic mass is 9.93. The first-order valence-electron chi connectivity index (χ1n) is 6.49. The molecule has 3 rings (SSSR count). The van der Waals surface area contributed by atoms with Gasteiger partial charge in [0.1, 0.15) is 17.8 Å². The minimum Gasteiger partial charge on any atom is -0.354 e. The van der Waals surface area contributed by atoms with Gasteiger partial charge >= 0.3 is 0 Å². The summed E-state index contributed by atoms with van der Waals surface area (Å²) < 4.78 is 0. The molecular formula is C13H21Cl2N5. The molecular weight excluding hydrogens is 297 g/mol. The number of nitrogens with zero attached hydrogens (tertiary/aromatic N) is 3. The first-order valence-corrected chi connectivity index (χ1v) is 6.49. The largest absolute Gasteiger partial charge is 0.354 e. The molecule has 0 aromatic carbocycles. The topological polar surface area (TPSA) is 56.8 Å². The van der Waals surface area contributed by atoms with Crippen molar-refractivity contribution in [1.82, 2.24) is 20.3 Å². The molecule has 2 aromatic rings. The molecule has 20 heavy (non-hydrogen) atoms. The van der Waals surface area contributed by atoms with Crippen LogP contribution in [0.4, 0.5) is 5.82 Å². The number of aromatic nitrogens is 3. The van der Waals surface area contributed by atoms with E-state index in [4.69, 9.17) is 0 Å². The molecule has 5 nitrogen and oxygen atoms in total. The van der Waals surface area contributed by atoms with Gasteiger partial charge in [-0.05, 0) is 24.9 Å². The highest BCUT2D eigenvalue weighted by Gasteiger charge is 2.26. The van der Waals surface area contributed by atoms with Crippen LogP contribution < -0.4 is 10.2 Å². The Bertz CT molecular complexity index is 544. The van der Waals surface area contributed by atoms with E-state index in [2.05, 4.69) is 39.1 Å². The van der Waals surface area contributed by atoms with Gasteiger partial charge < -0.3 is 15.2 Å². The van der Waals surface area contributed by atoms with Gasteiger partial charge in [0, 0.05) is 25.8 Å². The van der Waals surface area contributed by atoms with Crippen LogP contribution in [0.1, 0.15) is 13.3 Å². The lowest BCUT2D eigenvalue weighted by molar-refractivity contribution is 0.338. The Labute approximate surface area is 131 Å². The van der Waals surface area contributed by atoms with Crippen LogP contribution in [0, 0.1) is 5.92 Å². The van der Waals surface area contributed by atoms with Gasteiger partial charge in [0.15, 0.2) is 0 Å². The highest BCUT2D eigenvalue weighted by atomic mass is 35.5. The average molecular weight is 318 g/mol. The first-order chi connectivity index (χ1) is 8.77. The zero-order valence-electron chi connectivity index (χ0n) is 11.7. The van der Waals surface area contributed by atoms with Crippen LogP contribution in [0.5, 0.6) is 0 Å². The fraction of sp³-hybridized carbons (Fsp3) is 0.538. The molecule has 2 atom stereocenters. The monoisotopic (exact) mass is 317 g/mol. The van der Waals surface area contributed by atoms with E-state index in [0.717, 1.165) is 29.9 Å². The van der Waals surface area contributed by atoms with Gasteiger partial charge in [-0.3, -0.25) is 0 Å². The molecule has 3 heterocycles. The maximum Gasteiger partial charge on any atom is 0.142 e. The van der Waals surface area contributed by atoms with Crippen molar-refractivity contribution in [3.63, 3.8) is 0 Å². The molecule has 0 radical (unpaired) electrons. The maximum atomic E-state index is 4.46. The van der Waals surface area contributed by atoms with Gasteiger partial charge in [0.05, 0.1) is 5.39 Å². The van der Waals surface area contributed by atoms with E-state index in [0.29, 0.717) is 12.0 Å². The van der Waals surface area contributed by atoms with E-state index in [1.165, 1.54) is 6.42 Å². The molecule has 1 fully saturated rings. The summed E-state index contributed by atoms with van der Waals surface area (Å²) in [4.78, 5) is 14.1. The number of halogens is 2. The number of hydrogen-bond acceptors (Lipinski definition) is 4. The van der Waals surface area contributed by atoms with Crippen molar-refractivity contribution in [1.29, 1.82) is 0 Å². The van der Waals surface area contributed by atoms with Crippen LogP contribution in [0.2, 0.25) is 0 Å². The van der Waals surface area contributed by atoms with E-state index in [-0.39, 0.29) is 24.8 Å². The Hall–Kier alpha value is -1.04. The Balaban J connectivity index is 0.000001000. The number of fused-ring (bicyclic) bond motifs is 1. The van der Waals surface area contributed by atoms with Gasteiger partial charge in [-0.15, -0.1) is 24.8 Å². The third-order valence-electron chi connectivity index (χ3n) is 3.95. The summed E-state index contributed by atoms with van der Waals surface area (Å²) in [6.07, 6.45) is 4.77. The van der Waals surface area contributed by atoms with Gasteiger partial charge in [-0.25, -0.2) is 9.97 Å². The summed E-state index contributed by atoms with van der Waals surface area (Å²) in [6, 6.07) is 2.54. The van der Waals surface area contributed by atoms with Crippen molar-refractivity contribution in [3.8, 4) is 0 Å². The summed E-state index contributed by atoms with van der Waals surface area (Å²) in [7, 11) is 2.13. The van der Waals surface area contributed by atoms with Crippen LogP contribution in [0.15, 0.2) is 18.6 Å². The fourth-order valence-electron chi connectivity index (χ4n) is 2.79. The normalized spacial score (nSPS) is 21.9. The lowest BCUT2D eigenvalue weighted by Crippen LogP contribution is -2.49. The van der Waals surface area contributed by atoms with Crippen LogP contribution >= 0.6 is 24.8 Å². The fourth-order valence-corrected chi connectivity index (χ4v) is 2.79. The van der Waals surface area contributed by atoms with Crippen molar-refractivity contribution in [2.24, 2.45) is 5.92 Å². The smallest absolute Gasteiger partial charge is 0.142 e. The van der Waals surface area contributed by atoms with Gasteiger partial charge in [0.2, 0.25) is 0 Å². The second kappa shape index (κ2) is 7.11. The minimum atomic E-state index is 0. The zero-order chi connectivity index (χ0) is 12.5. The Kier molecular flexibility index (Phi) is 6.05. The summed E-state index contributed by atoms with van der Waals surface area (Å²) in [5.74, 6) is 1.70. The Morgan fingerprint density at radius 1 is 1.30 bits per heavy atom. The molecule has 0 bridgehead atoms. The predicted molar refractivity (Wildman–Crippen MR) is 87.2 cm³/mol. The quantitative estimate of drug-likeness (QED) is 0.892. The molecule has 112 valence electrons. The molecule has 1 saturated heterocycles. The summed E-state index contributed by atoms with van der Waals surface area (Å²) in [5, 5.41) is 4.56. The third-order valence-corrected chi connectivity index (χ3v) is 3.95. The molecule has 0 spiro atoms. The molecule has 0 aliphatic carbocycles. The lowest BCUT2D eigenvalue weighted by Gasteiger charge is -2.37. The summed E-state index contributed by atoms with van der Waals surface area (Å²) in [5.41, 5.74) is 0.906. The van der Waals surface area contributed by atoms with Crippen LogP contribution in [-0.4, -0.2) is 41.1 Å². The number of anilines is 1. The van der Waals surface area contributed by atoms with E-state index in [1.54, 1.807) is 6.33 Å². The van der Waals surface area contributed by atoms with E-state index in [1.807, 2.05) is 12.3 Å². The SMILES string of the molecule is C[C@@H]1CCNC[C@@H]1N(C)c1ncnc2[nH]ccc12.Cl.Cl. The first kappa shape index (κ1) is 17.0. The van der Waals surface area contributed by atoms with Crippen molar-refractivity contribution in [3.05, 3.63) is 18.6 Å². The number of likely N-dealkylation sites (N-methyl/N-ethyl adjacent to an activating group) is 1. The van der Waals surface area contributed by atoms with Crippen molar-refractivity contribution in [2.75, 3.05) is 25.0 Å². The highest BCUT2D eigenvalue weighted by Crippen LogP contribution is 2.26. The number of hydrogen-bond donors (Lipinski definition) is 2. The Morgan fingerprint density at radius 2 is 2.10 bits per heavy atom. The van der Waals surface area contributed by atoms with Gasteiger partial charge in [0.25, 0.3) is 0 Å². The molecule has 2 aromatic heterocycles. The van der Waals surface area contributed by atoms with Crippen LogP contribution in [0.3, 0.4) is 0 Å². The third kappa shape index (κ3) is 3.00. The van der Waals surface area contributed by atoms with Crippen molar-refractivity contribution in [2.45, 2.75) is 19.4 Å². The van der Waals surface area contributed by atoms with E-state index >= 15 is 0 Å². The minimum absolute atomic E-state index is 0. The Morgan fingerprint density at radius 3 is 2.85 bits per heavy atom. The second-order valence-corrected chi connectivity index (χ2v) is 5.09. The van der Waals surface area contributed by atoms with E-state index < -0.39 is 0 Å². The molecule has 0 unspecified atom stereocenters. The molecule has 1 aliphatic heterocycles. The number of rotatable bonds is 2. The number of piperidine rings is 1. The van der Waals surface area contributed by atoms with Crippen LogP contribution in [-0.2, 0) is 0 Å². The molecule has 0 saturated carbocycles. The number of nitrogens with one attached hydrogen (secondary N) is 2. The van der Waals surface area contributed by atoms with Gasteiger partial charge in [-0.2, -0.15) is 0 Å². The van der Waals surface area contributed by atoms with Crippen molar-refractivity contribution >= 4 is 41.7 Å². The van der Waals surface area contributed by atoms with E-state index in [9.17, 15) is 0 Å². The van der Waals surface area contributed by atoms with Crippen molar-refractivity contribution < 1.29 is 0 Å².